The minimum absolute atomic E-state index is 0.549. The van der Waals surface area contributed by atoms with Crippen LogP contribution in [0.3, 0.4) is 0 Å². The van der Waals surface area contributed by atoms with Crippen molar-refractivity contribution < 1.29 is 0 Å². The van der Waals surface area contributed by atoms with Crippen molar-refractivity contribution in [2.24, 2.45) is 0 Å². The minimum atomic E-state index is 0.549. The summed E-state index contributed by atoms with van der Waals surface area (Å²) in [5, 5.41) is 3.83. The molecule has 1 aromatic rings. The average molecular weight is 337 g/mol. The zero-order chi connectivity index (χ0) is 14.1. The van der Waals surface area contributed by atoms with Crippen LogP contribution in [0.5, 0.6) is 0 Å². The summed E-state index contributed by atoms with van der Waals surface area (Å²) in [7, 11) is 0. The molecule has 110 valence electrons. The van der Waals surface area contributed by atoms with Gasteiger partial charge in [-0.2, -0.15) is 0 Å². The Kier molecular flexibility index (Phi) is 4.49. The molecular formula is C17H25BrN2. The predicted octanol–water partition coefficient (Wildman–Crippen LogP) is 3.59. The Bertz CT molecular complexity index is 441. The van der Waals surface area contributed by atoms with Gasteiger partial charge in [0, 0.05) is 35.2 Å². The number of hydrogen-bond acceptors (Lipinski definition) is 2. The lowest BCUT2D eigenvalue weighted by molar-refractivity contribution is 0.254. The number of nitrogens with zero attached hydrogens (tertiary/aromatic N) is 1. The Labute approximate surface area is 131 Å². The van der Waals surface area contributed by atoms with E-state index in [4.69, 9.17) is 0 Å². The van der Waals surface area contributed by atoms with Crippen molar-refractivity contribution in [1.29, 1.82) is 0 Å². The number of likely N-dealkylation sites (tertiary alicyclic amines) is 1. The molecule has 0 radical (unpaired) electrons. The summed E-state index contributed by atoms with van der Waals surface area (Å²) in [6, 6.07) is 11.6. The molecule has 0 aromatic heterocycles. The molecule has 1 heterocycles. The molecule has 3 heteroatoms. The van der Waals surface area contributed by atoms with Crippen molar-refractivity contribution in [1.82, 2.24) is 10.2 Å². The maximum absolute atomic E-state index is 3.83. The summed E-state index contributed by atoms with van der Waals surface area (Å²) < 4.78 is 1.16. The molecule has 20 heavy (non-hydrogen) atoms. The highest BCUT2D eigenvalue weighted by Crippen LogP contribution is 2.33. The van der Waals surface area contributed by atoms with Gasteiger partial charge in [0.25, 0.3) is 0 Å². The summed E-state index contributed by atoms with van der Waals surface area (Å²) >= 11 is 3.49. The number of rotatable bonds is 5. The van der Waals surface area contributed by atoms with Gasteiger partial charge in [0.2, 0.25) is 0 Å². The van der Waals surface area contributed by atoms with Crippen LogP contribution in [0.15, 0.2) is 28.7 Å². The van der Waals surface area contributed by atoms with Gasteiger partial charge in [-0.15, -0.1) is 0 Å². The van der Waals surface area contributed by atoms with Gasteiger partial charge >= 0.3 is 0 Å². The zero-order valence-electron chi connectivity index (χ0n) is 12.5. The minimum Gasteiger partial charge on any atom is -0.310 e. The fourth-order valence-corrected chi connectivity index (χ4v) is 3.79. The lowest BCUT2D eigenvalue weighted by Crippen LogP contribution is -2.40. The van der Waals surface area contributed by atoms with Gasteiger partial charge in [0.05, 0.1) is 0 Å². The van der Waals surface area contributed by atoms with Crippen LogP contribution >= 0.6 is 15.9 Å². The van der Waals surface area contributed by atoms with Crippen molar-refractivity contribution in [3.05, 3.63) is 34.3 Å². The fraction of sp³-hybridized carbons (Fsp3) is 0.647. The maximum Gasteiger partial charge on any atom is 0.0212 e. The first-order valence-corrected chi connectivity index (χ1v) is 8.67. The monoisotopic (exact) mass is 336 g/mol. The molecule has 2 aliphatic rings. The second kappa shape index (κ2) is 6.17. The molecule has 3 unspecified atom stereocenters. The van der Waals surface area contributed by atoms with Crippen molar-refractivity contribution >= 4 is 15.9 Å². The molecular weight excluding hydrogens is 312 g/mol. The molecule has 1 aliphatic heterocycles. The molecule has 3 rings (SSSR count). The number of hydrogen-bond donors (Lipinski definition) is 1. The third-order valence-electron chi connectivity index (χ3n) is 4.61. The standard InChI is InChI=1S/C17H25BrN2/c1-12(9-14-3-5-15(18)6-4-14)19-16-10-13(2)20(11-16)17-7-8-17/h3-6,12-13,16-17,19H,7-11H2,1-2H3. The largest absolute Gasteiger partial charge is 0.310 e. The number of nitrogens with one attached hydrogen (secondary N) is 1. The third-order valence-corrected chi connectivity index (χ3v) is 5.14. The van der Waals surface area contributed by atoms with Crippen molar-refractivity contribution in [2.45, 2.75) is 63.7 Å². The van der Waals surface area contributed by atoms with E-state index in [2.05, 4.69) is 64.3 Å². The smallest absolute Gasteiger partial charge is 0.0212 e. The van der Waals surface area contributed by atoms with E-state index >= 15 is 0 Å². The van der Waals surface area contributed by atoms with Gasteiger partial charge in [0.1, 0.15) is 0 Å². The Morgan fingerprint density at radius 2 is 2.00 bits per heavy atom. The second-order valence-corrected chi connectivity index (χ2v) is 7.52. The van der Waals surface area contributed by atoms with Gasteiger partial charge < -0.3 is 5.32 Å². The van der Waals surface area contributed by atoms with Crippen LogP contribution in [0.4, 0.5) is 0 Å². The highest BCUT2D eigenvalue weighted by Gasteiger charge is 2.38. The Balaban J connectivity index is 1.49. The van der Waals surface area contributed by atoms with E-state index in [1.165, 1.54) is 31.4 Å². The van der Waals surface area contributed by atoms with Gasteiger partial charge in [0.15, 0.2) is 0 Å². The average Bonchev–Trinajstić information content (AvgIpc) is 3.17. The second-order valence-electron chi connectivity index (χ2n) is 6.61. The van der Waals surface area contributed by atoms with Crippen LogP contribution in [-0.2, 0) is 6.42 Å². The molecule has 1 aromatic carbocycles. The van der Waals surface area contributed by atoms with Gasteiger partial charge in [-0.1, -0.05) is 28.1 Å². The van der Waals surface area contributed by atoms with Gasteiger partial charge in [-0.05, 0) is 57.2 Å². The maximum atomic E-state index is 3.83. The topological polar surface area (TPSA) is 15.3 Å². The molecule has 1 saturated carbocycles. The zero-order valence-corrected chi connectivity index (χ0v) is 14.1. The molecule has 1 saturated heterocycles. The molecule has 0 amide bonds. The third kappa shape index (κ3) is 3.63. The quantitative estimate of drug-likeness (QED) is 0.883. The molecule has 2 fully saturated rings. The lowest BCUT2D eigenvalue weighted by Gasteiger charge is -2.21. The predicted molar refractivity (Wildman–Crippen MR) is 88.0 cm³/mol. The normalized spacial score (nSPS) is 28.8. The summed E-state index contributed by atoms with van der Waals surface area (Å²) in [4.78, 5) is 2.71. The first-order valence-electron chi connectivity index (χ1n) is 7.88. The first-order chi connectivity index (χ1) is 9.61. The van der Waals surface area contributed by atoms with Crippen LogP contribution in [-0.4, -0.2) is 35.6 Å². The first kappa shape index (κ1) is 14.6. The fourth-order valence-electron chi connectivity index (χ4n) is 3.53. The van der Waals surface area contributed by atoms with E-state index < -0.39 is 0 Å². The van der Waals surface area contributed by atoms with E-state index in [0.29, 0.717) is 12.1 Å². The van der Waals surface area contributed by atoms with Gasteiger partial charge in [-0.25, -0.2) is 0 Å². The highest BCUT2D eigenvalue weighted by molar-refractivity contribution is 9.10. The molecule has 2 nitrogen and oxygen atoms in total. The summed E-state index contributed by atoms with van der Waals surface area (Å²) in [5.74, 6) is 0. The molecule has 0 spiro atoms. The Morgan fingerprint density at radius 1 is 1.30 bits per heavy atom. The lowest BCUT2D eigenvalue weighted by atomic mass is 10.1. The van der Waals surface area contributed by atoms with Crippen LogP contribution in [0, 0.1) is 0 Å². The van der Waals surface area contributed by atoms with E-state index in [1.54, 1.807) is 0 Å². The summed E-state index contributed by atoms with van der Waals surface area (Å²) in [6.45, 7) is 5.95. The van der Waals surface area contributed by atoms with Crippen LogP contribution < -0.4 is 5.32 Å². The molecule has 0 bridgehead atoms. The van der Waals surface area contributed by atoms with E-state index in [0.717, 1.165) is 23.0 Å². The Hall–Kier alpha value is -0.380. The van der Waals surface area contributed by atoms with Crippen LogP contribution in [0.1, 0.15) is 38.7 Å². The Morgan fingerprint density at radius 3 is 2.65 bits per heavy atom. The summed E-state index contributed by atoms with van der Waals surface area (Å²) in [5.41, 5.74) is 1.42. The van der Waals surface area contributed by atoms with E-state index in [-0.39, 0.29) is 0 Å². The number of halogens is 1. The van der Waals surface area contributed by atoms with Crippen molar-refractivity contribution in [3.63, 3.8) is 0 Å². The van der Waals surface area contributed by atoms with Crippen molar-refractivity contribution in [2.75, 3.05) is 6.54 Å². The summed E-state index contributed by atoms with van der Waals surface area (Å²) in [6.07, 6.45) is 5.26. The number of benzene rings is 1. The molecule has 3 atom stereocenters. The van der Waals surface area contributed by atoms with Crippen LogP contribution in [0.2, 0.25) is 0 Å². The van der Waals surface area contributed by atoms with Gasteiger partial charge in [-0.3, -0.25) is 4.90 Å². The highest BCUT2D eigenvalue weighted by atomic mass is 79.9. The molecule has 1 N–H and O–H groups in total. The van der Waals surface area contributed by atoms with Crippen LogP contribution in [0.25, 0.3) is 0 Å². The van der Waals surface area contributed by atoms with E-state index in [1.807, 2.05) is 0 Å². The SMILES string of the molecule is CC(Cc1ccc(Br)cc1)NC1CC(C)N(C2CC2)C1. The van der Waals surface area contributed by atoms with Crippen molar-refractivity contribution in [3.8, 4) is 0 Å². The van der Waals surface area contributed by atoms with E-state index in [9.17, 15) is 0 Å². The molecule has 1 aliphatic carbocycles.